The highest BCUT2D eigenvalue weighted by Gasteiger charge is 2.41. The first-order chi connectivity index (χ1) is 20.5. The predicted octanol–water partition coefficient (Wildman–Crippen LogP) is 6.51. The van der Waals surface area contributed by atoms with Crippen LogP contribution in [0.25, 0.3) is 0 Å². The van der Waals surface area contributed by atoms with Gasteiger partial charge in [0.05, 0.1) is 17.5 Å². The summed E-state index contributed by atoms with van der Waals surface area (Å²) >= 11 is 0. The number of carbonyl (C=O) groups excluding carboxylic acids is 3. The Morgan fingerprint density at radius 2 is 1.79 bits per heavy atom. The van der Waals surface area contributed by atoms with E-state index in [1.54, 1.807) is 9.80 Å². The van der Waals surface area contributed by atoms with Crippen molar-refractivity contribution in [2.45, 2.75) is 77.3 Å². The largest absolute Gasteiger partial charge is 0.380 e. The third-order valence-electron chi connectivity index (χ3n) is 8.94. The third kappa shape index (κ3) is 6.84. The van der Waals surface area contributed by atoms with E-state index in [0.717, 1.165) is 47.5 Å². The van der Waals surface area contributed by atoms with Crippen LogP contribution in [0.5, 0.6) is 0 Å². The zero-order valence-electron chi connectivity index (χ0n) is 25.7. The van der Waals surface area contributed by atoms with E-state index >= 15 is 4.39 Å². The van der Waals surface area contributed by atoms with E-state index in [1.165, 1.54) is 6.08 Å². The van der Waals surface area contributed by atoms with Crippen molar-refractivity contribution < 1.29 is 18.8 Å². The maximum absolute atomic E-state index is 15.1. The molecule has 2 aliphatic heterocycles. The molecule has 1 aliphatic carbocycles. The zero-order chi connectivity index (χ0) is 30.7. The smallest absolute Gasteiger partial charge is 0.257 e. The number of nitrogens with one attached hydrogen (secondary N) is 2. The van der Waals surface area contributed by atoms with Crippen LogP contribution in [0.4, 0.5) is 15.8 Å². The van der Waals surface area contributed by atoms with Crippen LogP contribution in [0.1, 0.15) is 77.0 Å². The predicted molar refractivity (Wildman–Crippen MR) is 168 cm³/mol. The topological polar surface area (TPSA) is 81.8 Å². The summed E-state index contributed by atoms with van der Waals surface area (Å²) in [5, 5.41) is 6.62. The number of allylic oxidation sites excluding steroid dienone is 2. The van der Waals surface area contributed by atoms with E-state index in [0.29, 0.717) is 38.8 Å². The molecular weight excluding hydrogens is 543 g/mol. The van der Waals surface area contributed by atoms with Crippen LogP contribution in [0, 0.1) is 5.92 Å². The highest BCUT2D eigenvalue weighted by atomic mass is 19.1. The Morgan fingerprint density at radius 1 is 1.02 bits per heavy atom. The summed E-state index contributed by atoms with van der Waals surface area (Å²) in [5.41, 5.74) is 4.40. The van der Waals surface area contributed by atoms with Crippen LogP contribution in [0.3, 0.4) is 0 Å². The zero-order valence-corrected chi connectivity index (χ0v) is 25.7. The van der Waals surface area contributed by atoms with E-state index in [4.69, 9.17) is 0 Å². The molecule has 2 saturated heterocycles. The summed E-state index contributed by atoms with van der Waals surface area (Å²) in [6.45, 7) is 10.0. The number of hydrogen-bond donors (Lipinski definition) is 2. The summed E-state index contributed by atoms with van der Waals surface area (Å²) in [5.74, 6) is -1.49. The van der Waals surface area contributed by atoms with Crippen molar-refractivity contribution in [1.82, 2.24) is 9.80 Å². The molecule has 3 amide bonds. The Kier molecular flexibility index (Phi) is 9.04. The number of rotatable bonds is 7. The molecule has 8 heteroatoms. The Labute approximate surface area is 254 Å². The van der Waals surface area contributed by atoms with Crippen LogP contribution >= 0.6 is 0 Å². The lowest BCUT2D eigenvalue weighted by molar-refractivity contribution is -0.135. The molecule has 0 saturated carbocycles. The highest BCUT2D eigenvalue weighted by molar-refractivity contribution is 6.00. The second-order valence-corrected chi connectivity index (χ2v) is 13.1. The van der Waals surface area contributed by atoms with Gasteiger partial charge in [-0.2, -0.15) is 0 Å². The molecule has 3 aliphatic rings. The van der Waals surface area contributed by atoms with Gasteiger partial charge in [0.25, 0.3) is 5.91 Å². The minimum atomic E-state index is -0.548. The van der Waals surface area contributed by atoms with Gasteiger partial charge in [-0.25, -0.2) is 4.39 Å². The molecule has 3 atom stereocenters. The van der Waals surface area contributed by atoms with Crippen LogP contribution in [-0.4, -0.2) is 53.7 Å². The van der Waals surface area contributed by atoms with Crippen molar-refractivity contribution in [3.63, 3.8) is 0 Å². The van der Waals surface area contributed by atoms with Crippen molar-refractivity contribution in [3.8, 4) is 0 Å². The lowest BCUT2D eigenvalue weighted by atomic mass is 9.82. The SMILES string of the molecule is CC1=C(C(=O)N2CCCC(C(=O)Nc3cccc(C(C)(C)C)c3)C2c2ccc(NC3CCN(C=O)C3)cc2)C(F)=CCC1. The van der Waals surface area contributed by atoms with Crippen LogP contribution < -0.4 is 10.6 Å². The Balaban J connectivity index is 1.44. The molecule has 7 nitrogen and oxygen atoms in total. The van der Waals surface area contributed by atoms with E-state index in [2.05, 4.69) is 37.5 Å². The minimum absolute atomic E-state index is 0.0691. The second-order valence-electron chi connectivity index (χ2n) is 13.1. The lowest BCUT2D eigenvalue weighted by Gasteiger charge is -2.41. The van der Waals surface area contributed by atoms with Gasteiger partial charge in [0, 0.05) is 37.1 Å². The van der Waals surface area contributed by atoms with E-state index in [9.17, 15) is 14.4 Å². The van der Waals surface area contributed by atoms with Gasteiger partial charge in [0.1, 0.15) is 5.83 Å². The van der Waals surface area contributed by atoms with E-state index in [-0.39, 0.29) is 28.8 Å². The average molecular weight is 587 g/mol. The van der Waals surface area contributed by atoms with Crippen molar-refractivity contribution in [2.75, 3.05) is 30.3 Å². The highest BCUT2D eigenvalue weighted by Crippen LogP contribution is 2.40. The number of anilines is 2. The number of amides is 3. The monoisotopic (exact) mass is 586 g/mol. The van der Waals surface area contributed by atoms with Crippen molar-refractivity contribution in [1.29, 1.82) is 0 Å². The molecule has 43 heavy (non-hydrogen) atoms. The average Bonchev–Trinajstić information content (AvgIpc) is 3.44. The van der Waals surface area contributed by atoms with Crippen LogP contribution in [-0.2, 0) is 19.8 Å². The summed E-state index contributed by atoms with van der Waals surface area (Å²) in [6.07, 6.45) is 5.72. The van der Waals surface area contributed by atoms with E-state index < -0.39 is 17.8 Å². The van der Waals surface area contributed by atoms with Gasteiger partial charge < -0.3 is 20.4 Å². The maximum atomic E-state index is 15.1. The van der Waals surface area contributed by atoms with Gasteiger partial charge >= 0.3 is 0 Å². The Bertz CT molecular complexity index is 1430. The third-order valence-corrected chi connectivity index (χ3v) is 8.94. The maximum Gasteiger partial charge on any atom is 0.257 e. The Morgan fingerprint density at radius 3 is 2.47 bits per heavy atom. The molecule has 2 heterocycles. The number of benzene rings is 2. The molecule has 2 N–H and O–H groups in total. The van der Waals surface area contributed by atoms with Gasteiger partial charge in [-0.05, 0) is 85.9 Å². The number of carbonyl (C=O) groups is 3. The lowest BCUT2D eigenvalue weighted by Crippen LogP contribution is -2.47. The normalized spacial score (nSPS) is 22.7. The fourth-order valence-electron chi connectivity index (χ4n) is 6.50. The Hall–Kier alpha value is -3.94. The quantitative estimate of drug-likeness (QED) is 0.363. The minimum Gasteiger partial charge on any atom is -0.380 e. The summed E-state index contributed by atoms with van der Waals surface area (Å²) in [6, 6.07) is 15.4. The van der Waals surface area contributed by atoms with Crippen LogP contribution in [0.2, 0.25) is 0 Å². The molecule has 2 aromatic carbocycles. The summed E-state index contributed by atoms with van der Waals surface area (Å²) < 4.78 is 15.1. The van der Waals surface area contributed by atoms with Crippen molar-refractivity contribution >= 4 is 29.6 Å². The molecule has 228 valence electrons. The number of halogens is 1. The molecular formula is C35H43FN4O3. The van der Waals surface area contributed by atoms with Gasteiger partial charge in [0.15, 0.2) is 0 Å². The van der Waals surface area contributed by atoms with Gasteiger partial charge in [0.2, 0.25) is 12.3 Å². The van der Waals surface area contributed by atoms with Crippen LogP contribution in [0.15, 0.2) is 71.6 Å². The van der Waals surface area contributed by atoms with Gasteiger partial charge in [-0.15, -0.1) is 0 Å². The fraction of sp³-hybridized carbons (Fsp3) is 0.457. The number of likely N-dealkylation sites (tertiary alicyclic amines) is 2. The van der Waals surface area contributed by atoms with E-state index in [1.807, 2.05) is 49.4 Å². The molecule has 2 aromatic rings. The van der Waals surface area contributed by atoms with Crippen molar-refractivity contribution in [3.05, 3.63) is 82.7 Å². The molecule has 2 fully saturated rings. The molecule has 0 aromatic heterocycles. The fourth-order valence-corrected chi connectivity index (χ4v) is 6.50. The van der Waals surface area contributed by atoms with Gasteiger partial charge in [-0.3, -0.25) is 14.4 Å². The number of hydrogen-bond acceptors (Lipinski definition) is 4. The number of piperidine rings is 1. The first-order valence-electron chi connectivity index (χ1n) is 15.4. The molecule has 5 rings (SSSR count). The molecule has 3 unspecified atom stereocenters. The summed E-state index contributed by atoms with van der Waals surface area (Å²) in [4.78, 5) is 42.5. The number of nitrogens with zero attached hydrogens (tertiary/aromatic N) is 2. The first-order valence-corrected chi connectivity index (χ1v) is 15.4. The molecule has 0 radical (unpaired) electrons. The second kappa shape index (κ2) is 12.7. The van der Waals surface area contributed by atoms with Gasteiger partial charge in [-0.1, -0.05) is 50.6 Å². The summed E-state index contributed by atoms with van der Waals surface area (Å²) in [7, 11) is 0. The molecule has 0 bridgehead atoms. The molecule has 0 spiro atoms. The van der Waals surface area contributed by atoms with Crippen molar-refractivity contribution in [2.24, 2.45) is 5.92 Å². The first kappa shape index (κ1) is 30.5. The standard InChI is InChI=1S/C35H43FN4O3/c1-23-8-5-12-30(36)31(23)34(43)40-18-7-11-29(33(42)38-27-10-6-9-25(20-27)35(2,3)4)32(40)24-13-15-26(16-14-24)37-28-17-19-39(21-28)22-41/h6,9-10,12-16,20,22,28-29,32,37H,5,7-8,11,17-19,21H2,1-4H3,(H,38,42).